The van der Waals surface area contributed by atoms with E-state index in [1.54, 1.807) is 18.4 Å². The number of hydrogen-bond donors (Lipinski definition) is 0. The summed E-state index contributed by atoms with van der Waals surface area (Å²) >= 11 is 1.68. The number of anilines is 1. The SMILES string of the molecule is COc1ccc(CN2CCCN(c3nn4cc(C)nc4s3)CC2)cc1. The van der Waals surface area contributed by atoms with Crippen molar-refractivity contribution in [1.29, 1.82) is 0 Å². The third kappa shape index (κ3) is 3.62. The zero-order valence-electron chi connectivity index (χ0n) is 14.7. The molecule has 0 spiro atoms. The molecule has 0 radical (unpaired) electrons. The molecule has 3 aromatic rings. The summed E-state index contributed by atoms with van der Waals surface area (Å²) in [6.07, 6.45) is 3.14. The summed E-state index contributed by atoms with van der Waals surface area (Å²) in [5, 5.41) is 5.77. The van der Waals surface area contributed by atoms with Gasteiger partial charge in [-0.25, -0.2) is 9.50 Å². The Morgan fingerprint density at radius 3 is 2.72 bits per heavy atom. The summed E-state index contributed by atoms with van der Waals surface area (Å²) in [5.74, 6) is 0.912. The summed E-state index contributed by atoms with van der Waals surface area (Å²) in [6, 6.07) is 8.37. The van der Waals surface area contributed by atoms with Crippen LogP contribution < -0.4 is 9.64 Å². The van der Waals surface area contributed by atoms with Crippen LogP contribution in [-0.4, -0.2) is 52.8 Å². The zero-order valence-corrected chi connectivity index (χ0v) is 15.5. The summed E-state index contributed by atoms with van der Waals surface area (Å²) in [4.78, 5) is 10.4. The molecule has 0 atom stereocenters. The molecule has 0 amide bonds. The first-order valence-electron chi connectivity index (χ1n) is 8.64. The molecule has 1 aromatic carbocycles. The number of methoxy groups -OCH3 is 1. The largest absolute Gasteiger partial charge is 0.497 e. The lowest BCUT2D eigenvalue weighted by atomic mass is 10.2. The molecule has 3 heterocycles. The molecule has 1 fully saturated rings. The predicted molar refractivity (Wildman–Crippen MR) is 101 cm³/mol. The van der Waals surface area contributed by atoms with E-state index >= 15 is 0 Å². The molecule has 0 unspecified atom stereocenters. The minimum absolute atomic E-state index is 0.912. The Morgan fingerprint density at radius 1 is 1.12 bits per heavy atom. The summed E-state index contributed by atoms with van der Waals surface area (Å²) in [5.41, 5.74) is 2.35. The first kappa shape index (κ1) is 16.4. The Hall–Kier alpha value is -2.12. The highest BCUT2D eigenvalue weighted by Gasteiger charge is 2.19. The third-order valence-corrected chi connectivity index (χ3v) is 5.56. The second-order valence-corrected chi connectivity index (χ2v) is 7.39. The third-order valence-electron chi connectivity index (χ3n) is 4.58. The van der Waals surface area contributed by atoms with E-state index in [0.717, 1.165) is 60.7 Å². The Balaban J connectivity index is 1.39. The quantitative estimate of drug-likeness (QED) is 0.718. The van der Waals surface area contributed by atoms with Gasteiger partial charge in [0.2, 0.25) is 10.1 Å². The van der Waals surface area contributed by atoms with Crippen LogP contribution in [0, 0.1) is 6.92 Å². The molecular weight excluding hydrogens is 334 g/mol. The minimum Gasteiger partial charge on any atom is -0.497 e. The highest BCUT2D eigenvalue weighted by molar-refractivity contribution is 7.20. The van der Waals surface area contributed by atoms with E-state index in [1.807, 2.05) is 29.8 Å². The number of benzene rings is 1. The van der Waals surface area contributed by atoms with Crippen LogP contribution in [0.5, 0.6) is 5.75 Å². The Kier molecular flexibility index (Phi) is 4.59. The van der Waals surface area contributed by atoms with Crippen LogP contribution in [0.3, 0.4) is 0 Å². The van der Waals surface area contributed by atoms with Crippen LogP contribution in [0.25, 0.3) is 4.96 Å². The van der Waals surface area contributed by atoms with Gasteiger partial charge in [0.05, 0.1) is 19.0 Å². The van der Waals surface area contributed by atoms with Gasteiger partial charge in [0.25, 0.3) is 0 Å². The van der Waals surface area contributed by atoms with Crippen molar-refractivity contribution in [2.75, 3.05) is 38.2 Å². The lowest BCUT2D eigenvalue weighted by Crippen LogP contribution is -2.30. The second-order valence-electron chi connectivity index (χ2n) is 6.46. The van der Waals surface area contributed by atoms with E-state index in [9.17, 15) is 0 Å². The molecule has 0 saturated carbocycles. The van der Waals surface area contributed by atoms with Gasteiger partial charge in [0.15, 0.2) is 0 Å². The van der Waals surface area contributed by atoms with Crippen molar-refractivity contribution in [2.45, 2.75) is 19.9 Å². The molecule has 7 heteroatoms. The van der Waals surface area contributed by atoms with Crippen LogP contribution in [-0.2, 0) is 6.54 Å². The monoisotopic (exact) mass is 357 g/mol. The second kappa shape index (κ2) is 7.01. The molecule has 1 aliphatic heterocycles. The molecule has 0 bridgehead atoms. The normalized spacial score (nSPS) is 16.3. The number of fused-ring (bicyclic) bond motifs is 1. The molecule has 1 aliphatic rings. The maximum absolute atomic E-state index is 5.23. The molecule has 25 heavy (non-hydrogen) atoms. The van der Waals surface area contributed by atoms with Gasteiger partial charge in [-0.15, -0.1) is 5.10 Å². The number of aryl methyl sites for hydroxylation is 1. The van der Waals surface area contributed by atoms with Gasteiger partial charge in [-0.05, 0) is 31.0 Å². The fourth-order valence-corrected chi connectivity index (χ4v) is 4.22. The fraction of sp³-hybridized carbons (Fsp3) is 0.444. The molecule has 0 aliphatic carbocycles. The Morgan fingerprint density at radius 2 is 1.96 bits per heavy atom. The van der Waals surface area contributed by atoms with E-state index in [2.05, 4.69) is 26.9 Å². The van der Waals surface area contributed by atoms with Crippen LogP contribution in [0.1, 0.15) is 17.7 Å². The molecular formula is C18H23N5OS. The van der Waals surface area contributed by atoms with Crippen molar-refractivity contribution in [3.05, 3.63) is 41.7 Å². The topological polar surface area (TPSA) is 45.9 Å². The van der Waals surface area contributed by atoms with Gasteiger partial charge < -0.3 is 9.64 Å². The number of hydrogen-bond acceptors (Lipinski definition) is 6. The number of ether oxygens (including phenoxy) is 1. The average molecular weight is 357 g/mol. The number of aromatic nitrogens is 3. The molecule has 0 N–H and O–H groups in total. The van der Waals surface area contributed by atoms with Crippen LogP contribution in [0.4, 0.5) is 5.13 Å². The molecule has 4 rings (SSSR count). The Labute approximate surface area is 151 Å². The van der Waals surface area contributed by atoms with Crippen molar-refractivity contribution >= 4 is 21.4 Å². The van der Waals surface area contributed by atoms with Gasteiger partial charge in [-0.2, -0.15) is 0 Å². The van der Waals surface area contributed by atoms with E-state index in [-0.39, 0.29) is 0 Å². The van der Waals surface area contributed by atoms with Crippen molar-refractivity contribution < 1.29 is 4.74 Å². The van der Waals surface area contributed by atoms with Gasteiger partial charge >= 0.3 is 0 Å². The molecule has 6 nitrogen and oxygen atoms in total. The van der Waals surface area contributed by atoms with E-state index in [1.165, 1.54) is 5.56 Å². The van der Waals surface area contributed by atoms with Gasteiger partial charge in [0.1, 0.15) is 5.75 Å². The predicted octanol–water partition coefficient (Wildman–Crippen LogP) is 2.82. The van der Waals surface area contributed by atoms with E-state index in [0.29, 0.717) is 0 Å². The highest BCUT2D eigenvalue weighted by Crippen LogP contribution is 2.24. The van der Waals surface area contributed by atoms with Crippen LogP contribution in [0.2, 0.25) is 0 Å². The minimum atomic E-state index is 0.912. The number of imidazole rings is 1. The Bertz CT molecular complexity index is 809. The first-order chi connectivity index (χ1) is 12.2. The van der Waals surface area contributed by atoms with Crippen molar-refractivity contribution in [1.82, 2.24) is 19.5 Å². The van der Waals surface area contributed by atoms with Gasteiger partial charge in [-0.3, -0.25) is 4.90 Å². The fourth-order valence-electron chi connectivity index (χ4n) is 3.24. The zero-order chi connectivity index (χ0) is 17.2. The number of rotatable bonds is 4. The first-order valence-corrected chi connectivity index (χ1v) is 9.46. The van der Waals surface area contributed by atoms with Gasteiger partial charge in [0, 0.05) is 32.7 Å². The summed E-state index contributed by atoms with van der Waals surface area (Å²) in [6.45, 7) is 7.21. The van der Waals surface area contributed by atoms with Crippen molar-refractivity contribution in [2.24, 2.45) is 0 Å². The van der Waals surface area contributed by atoms with E-state index in [4.69, 9.17) is 9.84 Å². The van der Waals surface area contributed by atoms with Crippen molar-refractivity contribution in [3.63, 3.8) is 0 Å². The molecule has 132 valence electrons. The standard InChI is InChI=1S/C18H23N5OS/c1-14-12-23-17(19-14)25-18(20-23)22-9-3-8-21(10-11-22)13-15-4-6-16(24-2)7-5-15/h4-7,12H,3,8-11,13H2,1-2H3. The van der Waals surface area contributed by atoms with E-state index < -0.39 is 0 Å². The van der Waals surface area contributed by atoms with Crippen LogP contribution >= 0.6 is 11.3 Å². The highest BCUT2D eigenvalue weighted by atomic mass is 32.1. The average Bonchev–Trinajstić information content (AvgIpc) is 3.05. The molecule has 2 aromatic heterocycles. The van der Waals surface area contributed by atoms with Crippen LogP contribution in [0.15, 0.2) is 30.5 Å². The lowest BCUT2D eigenvalue weighted by molar-refractivity contribution is 0.285. The van der Waals surface area contributed by atoms with Gasteiger partial charge in [-0.1, -0.05) is 23.5 Å². The summed E-state index contributed by atoms with van der Waals surface area (Å²) in [7, 11) is 1.70. The number of nitrogens with zero attached hydrogens (tertiary/aromatic N) is 5. The maximum atomic E-state index is 5.23. The summed E-state index contributed by atoms with van der Waals surface area (Å²) < 4.78 is 7.13. The molecule has 1 saturated heterocycles. The maximum Gasteiger partial charge on any atom is 0.214 e. The van der Waals surface area contributed by atoms with Crippen molar-refractivity contribution in [3.8, 4) is 5.75 Å². The lowest BCUT2D eigenvalue weighted by Gasteiger charge is -2.21. The smallest absolute Gasteiger partial charge is 0.214 e.